The molecule has 1 aromatic carbocycles. The second-order valence-electron chi connectivity index (χ2n) is 6.37. The number of benzene rings is 1. The van der Waals surface area contributed by atoms with Gasteiger partial charge in [0.1, 0.15) is 5.69 Å². The average Bonchev–Trinajstić information content (AvgIpc) is 3.18. The monoisotopic (exact) mass is 344 g/mol. The van der Waals surface area contributed by atoms with Gasteiger partial charge in [-0.25, -0.2) is 0 Å². The number of hydrogen-bond acceptors (Lipinski definition) is 2. The maximum absolute atomic E-state index is 12.4. The first-order chi connectivity index (χ1) is 11.4. The summed E-state index contributed by atoms with van der Waals surface area (Å²) < 4.78 is 1.93. The van der Waals surface area contributed by atoms with E-state index in [2.05, 4.69) is 36.2 Å². The van der Waals surface area contributed by atoms with Crippen molar-refractivity contribution in [3.05, 3.63) is 52.9 Å². The minimum Gasteiger partial charge on any atom is -0.351 e. The number of H-pyrrole nitrogens is 1. The fraction of sp³-hybridized carbons (Fsp3) is 0.333. The van der Waals surface area contributed by atoms with Crippen LogP contribution in [0.4, 0.5) is 0 Å². The third-order valence-electron chi connectivity index (χ3n) is 4.12. The number of nitrogens with zero attached hydrogens (tertiary/aromatic N) is 2. The summed E-state index contributed by atoms with van der Waals surface area (Å²) in [5.41, 5.74) is 2.56. The van der Waals surface area contributed by atoms with Gasteiger partial charge >= 0.3 is 0 Å². The van der Waals surface area contributed by atoms with E-state index in [1.54, 1.807) is 6.07 Å². The fourth-order valence-corrected chi connectivity index (χ4v) is 2.75. The van der Waals surface area contributed by atoms with Crippen LogP contribution in [0.1, 0.15) is 48.8 Å². The molecule has 5 nitrogen and oxygen atoms in total. The summed E-state index contributed by atoms with van der Waals surface area (Å²) in [5.74, 6) is 0.0747. The summed E-state index contributed by atoms with van der Waals surface area (Å²) in [6.45, 7) is 6.81. The van der Waals surface area contributed by atoms with Crippen molar-refractivity contribution in [2.24, 2.45) is 0 Å². The van der Waals surface area contributed by atoms with Crippen LogP contribution in [0.3, 0.4) is 0 Å². The zero-order chi connectivity index (χ0) is 17.3. The van der Waals surface area contributed by atoms with Crippen molar-refractivity contribution in [1.82, 2.24) is 20.1 Å². The molecule has 2 N–H and O–H groups in total. The minimum atomic E-state index is -0.120. The number of hydrogen-bond donors (Lipinski definition) is 2. The zero-order valence-electron chi connectivity index (χ0n) is 14.0. The Hall–Kier alpha value is -2.27. The molecule has 2 aromatic heterocycles. The summed E-state index contributed by atoms with van der Waals surface area (Å²) in [7, 11) is 0. The van der Waals surface area contributed by atoms with Gasteiger partial charge in [0.2, 0.25) is 0 Å². The molecule has 0 spiro atoms. The Kier molecular flexibility index (Phi) is 4.62. The number of carbonyl (C=O) groups excluding carboxylic acids is 1. The highest BCUT2D eigenvalue weighted by atomic mass is 35.5. The number of nitrogens with one attached hydrogen (secondary N) is 2. The van der Waals surface area contributed by atoms with E-state index >= 15 is 0 Å². The van der Waals surface area contributed by atoms with Gasteiger partial charge in [-0.3, -0.25) is 9.48 Å². The van der Waals surface area contributed by atoms with E-state index in [1.807, 2.05) is 35.3 Å². The lowest BCUT2D eigenvalue weighted by molar-refractivity contribution is 0.0947. The molecule has 1 atom stereocenters. The van der Waals surface area contributed by atoms with Crippen LogP contribution in [0.5, 0.6) is 0 Å². The predicted molar refractivity (Wildman–Crippen MR) is 96.7 cm³/mol. The van der Waals surface area contributed by atoms with Crippen LogP contribution in [0, 0.1) is 0 Å². The van der Waals surface area contributed by atoms with Gasteiger partial charge in [0.15, 0.2) is 0 Å². The quantitative estimate of drug-likeness (QED) is 0.731. The highest BCUT2D eigenvalue weighted by Crippen LogP contribution is 2.20. The van der Waals surface area contributed by atoms with Gasteiger partial charge in [0.05, 0.1) is 6.20 Å². The van der Waals surface area contributed by atoms with Crippen molar-refractivity contribution >= 4 is 28.4 Å². The van der Waals surface area contributed by atoms with E-state index in [0.717, 1.165) is 16.5 Å². The zero-order valence-corrected chi connectivity index (χ0v) is 14.8. The normalized spacial score (nSPS) is 12.7. The Bertz CT molecular complexity index is 865. The van der Waals surface area contributed by atoms with Crippen molar-refractivity contribution in [3.8, 4) is 0 Å². The van der Waals surface area contributed by atoms with Gasteiger partial charge in [-0.15, -0.1) is 0 Å². The van der Waals surface area contributed by atoms with Crippen LogP contribution in [0.25, 0.3) is 10.9 Å². The van der Waals surface area contributed by atoms with Gasteiger partial charge in [-0.05, 0) is 43.7 Å². The lowest BCUT2D eigenvalue weighted by Crippen LogP contribution is -2.27. The molecule has 6 heteroatoms. The number of halogens is 1. The summed E-state index contributed by atoms with van der Waals surface area (Å²) in [6, 6.07) is 7.66. The second kappa shape index (κ2) is 6.69. The number of aromatic amines is 1. The molecule has 2 heterocycles. The van der Waals surface area contributed by atoms with Crippen molar-refractivity contribution in [1.29, 1.82) is 0 Å². The Morgan fingerprint density at radius 2 is 2.12 bits per heavy atom. The maximum Gasteiger partial charge on any atom is 0.267 e. The number of rotatable bonds is 5. The standard InChI is InChI=1S/C18H21ClN4O/c1-11(2)23-10-14(9-21-23)12(3)8-20-18(24)17-7-13-6-15(19)4-5-16(13)22-17/h4-7,9-12,22H,8H2,1-3H3,(H,20,24). The molecule has 0 saturated heterocycles. The largest absolute Gasteiger partial charge is 0.351 e. The summed E-state index contributed by atoms with van der Waals surface area (Å²) in [6.07, 6.45) is 3.90. The van der Waals surface area contributed by atoms with Crippen LogP contribution >= 0.6 is 11.6 Å². The second-order valence-corrected chi connectivity index (χ2v) is 6.81. The third kappa shape index (κ3) is 3.46. The summed E-state index contributed by atoms with van der Waals surface area (Å²) in [4.78, 5) is 15.5. The van der Waals surface area contributed by atoms with Crippen molar-refractivity contribution < 1.29 is 4.79 Å². The van der Waals surface area contributed by atoms with E-state index in [-0.39, 0.29) is 11.8 Å². The maximum atomic E-state index is 12.4. The molecular formula is C18H21ClN4O. The van der Waals surface area contributed by atoms with Crippen LogP contribution in [0.2, 0.25) is 5.02 Å². The lowest BCUT2D eigenvalue weighted by atomic mass is 10.1. The van der Waals surface area contributed by atoms with Crippen molar-refractivity contribution in [3.63, 3.8) is 0 Å². The number of amides is 1. The molecular weight excluding hydrogens is 324 g/mol. The molecule has 0 aliphatic heterocycles. The first-order valence-corrected chi connectivity index (χ1v) is 8.42. The molecule has 0 aliphatic carbocycles. The molecule has 0 radical (unpaired) electrons. The summed E-state index contributed by atoms with van der Waals surface area (Å²) >= 11 is 5.98. The van der Waals surface area contributed by atoms with E-state index in [0.29, 0.717) is 23.3 Å². The van der Waals surface area contributed by atoms with Crippen molar-refractivity contribution in [2.45, 2.75) is 32.7 Å². The van der Waals surface area contributed by atoms with Gasteiger partial charge in [0, 0.05) is 40.6 Å². The number of fused-ring (bicyclic) bond motifs is 1. The Morgan fingerprint density at radius 3 is 2.83 bits per heavy atom. The van der Waals surface area contributed by atoms with E-state index < -0.39 is 0 Å². The molecule has 0 fully saturated rings. The van der Waals surface area contributed by atoms with E-state index in [1.165, 1.54) is 0 Å². The predicted octanol–water partition coefficient (Wildman–Crippen LogP) is 4.13. The number of carbonyl (C=O) groups is 1. The third-order valence-corrected chi connectivity index (χ3v) is 4.35. The van der Waals surface area contributed by atoms with Gasteiger partial charge in [-0.1, -0.05) is 18.5 Å². The Morgan fingerprint density at radius 1 is 1.33 bits per heavy atom. The van der Waals surface area contributed by atoms with Crippen LogP contribution in [-0.4, -0.2) is 27.2 Å². The smallest absolute Gasteiger partial charge is 0.267 e. The summed E-state index contributed by atoms with van der Waals surface area (Å²) in [5, 5.41) is 8.90. The van der Waals surface area contributed by atoms with Gasteiger partial charge in [0.25, 0.3) is 5.91 Å². The fourth-order valence-electron chi connectivity index (χ4n) is 2.57. The molecule has 126 valence electrons. The molecule has 0 bridgehead atoms. The minimum absolute atomic E-state index is 0.120. The van der Waals surface area contributed by atoms with Gasteiger partial charge in [-0.2, -0.15) is 5.10 Å². The van der Waals surface area contributed by atoms with E-state index in [4.69, 9.17) is 11.6 Å². The molecule has 0 saturated carbocycles. The van der Waals surface area contributed by atoms with Crippen molar-refractivity contribution in [2.75, 3.05) is 6.54 Å². The first kappa shape index (κ1) is 16.6. The lowest BCUT2D eigenvalue weighted by Gasteiger charge is -2.10. The highest BCUT2D eigenvalue weighted by molar-refractivity contribution is 6.31. The van der Waals surface area contributed by atoms with E-state index in [9.17, 15) is 4.79 Å². The molecule has 24 heavy (non-hydrogen) atoms. The topological polar surface area (TPSA) is 62.7 Å². The van der Waals surface area contributed by atoms with Crippen LogP contribution in [-0.2, 0) is 0 Å². The molecule has 1 amide bonds. The Balaban J connectivity index is 1.65. The van der Waals surface area contributed by atoms with Crippen LogP contribution in [0.15, 0.2) is 36.7 Å². The first-order valence-electron chi connectivity index (χ1n) is 8.04. The molecule has 1 unspecified atom stereocenters. The molecule has 0 aliphatic rings. The number of aromatic nitrogens is 3. The van der Waals surface area contributed by atoms with Crippen LogP contribution < -0.4 is 5.32 Å². The highest BCUT2D eigenvalue weighted by Gasteiger charge is 2.13. The average molecular weight is 345 g/mol. The Labute approximate surface area is 146 Å². The molecule has 3 rings (SSSR count). The van der Waals surface area contributed by atoms with Gasteiger partial charge < -0.3 is 10.3 Å². The SMILES string of the molecule is CC(CNC(=O)c1cc2cc(Cl)ccc2[nH]1)c1cnn(C(C)C)c1. The molecule has 3 aromatic rings.